The van der Waals surface area contributed by atoms with Gasteiger partial charge >= 0.3 is 0 Å². The molecular formula is C32H33NO5. The van der Waals surface area contributed by atoms with Crippen molar-refractivity contribution in [2.45, 2.75) is 25.7 Å². The predicted molar refractivity (Wildman–Crippen MR) is 150 cm³/mol. The van der Waals surface area contributed by atoms with E-state index in [4.69, 9.17) is 29.4 Å². The van der Waals surface area contributed by atoms with Crippen molar-refractivity contribution in [3.8, 4) is 39.9 Å². The fourth-order valence-corrected chi connectivity index (χ4v) is 4.89. The number of rotatable bonds is 5. The molecule has 0 fully saturated rings. The number of anilines is 1. The van der Waals surface area contributed by atoms with Gasteiger partial charge in [0.1, 0.15) is 17.2 Å². The van der Waals surface area contributed by atoms with Crippen molar-refractivity contribution >= 4 is 5.69 Å². The molecule has 4 aromatic carbocycles. The molecule has 0 aromatic heterocycles. The Balaban J connectivity index is 1.64. The minimum Gasteiger partial charge on any atom is -0.497 e. The lowest BCUT2D eigenvalue weighted by Gasteiger charge is -2.19. The van der Waals surface area contributed by atoms with Gasteiger partial charge in [-0.2, -0.15) is 0 Å². The molecule has 0 spiro atoms. The summed E-state index contributed by atoms with van der Waals surface area (Å²) in [4.78, 5) is 0. The molecule has 6 nitrogen and oxygen atoms in total. The Hall–Kier alpha value is -4.16. The van der Waals surface area contributed by atoms with Crippen molar-refractivity contribution < 1.29 is 23.7 Å². The lowest BCUT2D eigenvalue weighted by molar-refractivity contribution is 0.0515. The number of hydrogen-bond acceptors (Lipinski definition) is 6. The van der Waals surface area contributed by atoms with E-state index in [1.165, 1.54) is 5.56 Å². The van der Waals surface area contributed by atoms with Crippen LogP contribution in [0.25, 0.3) is 11.1 Å². The Morgan fingerprint density at radius 3 is 2.24 bits per heavy atom. The molecule has 2 N–H and O–H groups in total. The number of nitrogens with two attached hydrogens (primary N) is 1. The van der Waals surface area contributed by atoms with Gasteiger partial charge in [-0.25, -0.2) is 0 Å². The van der Waals surface area contributed by atoms with E-state index >= 15 is 0 Å². The quantitative estimate of drug-likeness (QED) is 0.240. The molecular weight excluding hydrogens is 478 g/mol. The van der Waals surface area contributed by atoms with Crippen LogP contribution in [0.1, 0.15) is 22.3 Å². The first-order chi connectivity index (χ1) is 18.6. The highest BCUT2D eigenvalue weighted by atomic mass is 16.7. The highest BCUT2D eigenvalue weighted by Gasteiger charge is 2.18. The average Bonchev–Trinajstić information content (AvgIpc) is 2.94. The van der Waals surface area contributed by atoms with Crippen molar-refractivity contribution in [2.75, 3.05) is 33.9 Å². The molecule has 0 unspecified atom stereocenters. The zero-order valence-corrected chi connectivity index (χ0v) is 22.1. The van der Waals surface area contributed by atoms with Gasteiger partial charge in [0, 0.05) is 18.4 Å². The molecule has 196 valence electrons. The molecule has 0 saturated heterocycles. The largest absolute Gasteiger partial charge is 0.497 e. The Morgan fingerprint density at radius 2 is 1.47 bits per heavy atom. The van der Waals surface area contributed by atoms with Gasteiger partial charge < -0.3 is 29.4 Å². The maximum absolute atomic E-state index is 6.72. The summed E-state index contributed by atoms with van der Waals surface area (Å²) in [6, 6.07) is 24.5. The molecule has 6 heteroatoms. The van der Waals surface area contributed by atoms with Gasteiger partial charge in [-0.3, -0.25) is 0 Å². The molecule has 4 heterocycles. The molecule has 6 bridgehead atoms. The summed E-state index contributed by atoms with van der Waals surface area (Å²) in [7, 11) is 4.95. The number of aryl methyl sites for hydroxylation is 4. The second kappa shape index (κ2) is 11.5. The van der Waals surface area contributed by atoms with Gasteiger partial charge in [-0.15, -0.1) is 0 Å². The van der Waals surface area contributed by atoms with Crippen LogP contribution in [0.3, 0.4) is 0 Å². The van der Waals surface area contributed by atoms with Crippen molar-refractivity contribution in [2.24, 2.45) is 0 Å². The van der Waals surface area contributed by atoms with E-state index < -0.39 is 0 Å². The van der Waals surface area contributed by atoms with Crippen LogP contribution in [0.4, 0.5) is 5.69 Å². The van der Waals surface area contributed by atoms with E-state index in [1.807, 2.05) is 36.4 Å². The normalized spacial score (nSPS) is 12.7. The maximum atomic E-state index is 6.72. The maximum Gasteiger partial charge on any atom is 0.188 e. The van der Waals surface area contributed by atoms with Crippen LogP contribution in [0.5, 0.6) is 28.7 Å². The highest BCUT2D eigenvalue weighted by molar-refractivity contribution is 5.85. The SMILES string of the molecule is COCOc1cc2cc(N)c1-c1ccc(OC)cc1CCc1ccc(cc1)Oc1cc(ccc1OC)CC2. The number of ether oxygens (including phenoxy) is 5. The van der Waals surface area contributed by atoms with Crippen molar-refractivity contribution in [3.05, 3.63) is 95.1 Å². The summed E-state index contributed by atoms with van der Waals surface area (Å²) < 4.78 is 28.7. The Kier molecular flexibility index (Phi) is 7.70. The average molecular weight is 512 g/mol. The van der Waals surface area contributed by atoms with E-state index in [0.29, 0.717) is 22.9 Å². The Bertz CT molecular complexity index is 1410. The summed E-state index contributed by atoms with van der Waals surface area (Å²) in [5.41, 5.74) is 13.9. The third-order valence-corrected chi connectivity index (χ3v) is 6.87. The van der Waals surface area contributed by atoms with Gasteiger partial charge in [0.05, 0.1) is 14.2 Å². The van der Waals surface area contributed by atoms with Gasteiger partial charge in [-0.05, 0) is 102 Å². The Labute approximate surface area is 223 Å². The van der Waals surface area contributed by atoms with Crippen LogP contribution in [-0.2, 0) is 30.4 Å². The summed E-state index contributed by atoms with van der Waals surface area (Å²) in [6.07, 6.45) is 3.22. The number of methoxy groups -OCH3 is 3. The van der Waals surface area contributed by atoms with Crippen LogP contribution in [-0.4, -0.2) is 28.1 Å². The molecule has 0 saturated carbocycles. The summed E-state index contributed by atoms with van der Waals surface area (Å²) >= 11 is 0. The fourth-order valence-electron chi connectivity index (χ4n) is 4.89. The minimum absolute atomic E-state index is 0.132. The lowest BCUT2D eigenvalue weighted by Crippen LogP contribution is -2.06. The number of hydrogen-bond donors (Lipinski definition) is 1. The second-order valence-electron chi connectivity index (χ2n) is 9.36. The second-order valence-corrected chi connectivity index (χ2v) is 9.36. The smallest absolute Gasteiger partial charge is 0.188 e. The monoisotopic (exact) mass is 511 g/mol. The third kappa shape index (κ3) is 5.55. The predicted octanol–water partition coefficient (Wildman–Crippen LogP) is 6.61. The third-order valence-electron chi connectivity index (χ3n) is 6.87. The highest BCUT2D eigenvalue weighted by Crippen LogP contribution is 2.41. The van der Waals surface area contributed by atoms with Gasteiger partial charge in [-0.1, -0.05) is 24.3 Å². The van der Waals surface area contributed by atoms with Crippen molar-refractivity contribution in [1.29, 1.82) is 0 Å². The van der Waals surface area contributed by atoms with E-state index in [2.05, 4.69) is 36.4 Å². The lowest BCUT2D eigenvalue weighted by atomic mass is 9.91. The van der Waals surface area contributed by atoms with Gasteiger partial charge in [0.15, 0.2) is 18.3 Å². The van der Waals surface area contributed by atoms with Crippen LogP contribution in [0.2, 0.25) is 0 Å². The topological polar surface area (TPSA) is 72.2 Å². The number of benzene rings is 4. The van der Waals surface area contributed by atoms with Crippen molar-refractivity contribution in [1.82, 2.24) is 0 Å². The first-order valence-electron chi connectivity index (χ1n) is 12.7. The molecule has 4 aliphatic rings. The summed E-state index contributed by atoms with van der Waals surface area (Å²) in [6.45, 7) is 0.132. The zero-order chi connectivity index (χ0) is 26.5. The zero-order valence-electron chi connectivity index (χ0n) is 22.1. The van der Waals surface area contributed by atoms with Crippen LogP contribution in [0.15, 0.2) is 72.8 Å². The Morgan fingerprint density at radius 1 is 0.711 bits per heavy atom. The standard InChI is InChI=1S/C32H33NO5/c1-34-20-37-31-18-23-5-4-22-9-15-29(36-3)30(17-22)38-25-11-7-21(8-12-25)6-10-24-19-26(35-2)13-14-27(24)32(31)28(33)16-23/h7-9,11-19H,4-6,10,20,33H2,1-3H3. The van der Waals surface area contributed by atoms with E-state index in [9.17, 15) is 0 Å². The van der Waals surface area contributed by atoms with Crippen LogP contribution < -0.4 is 24.7 Å². The van der Waals surface area contributed by atoms with Crippen molar-refractivity contribution in [3.63, 3.8) is 0 Å². The minimum atomic E-state index is 0.132. The van der Waals surface area contributed by atoms with Crippen LogP contribution >= 0.6 is 0 Å². The van der Waals surface area contributed by atoms with E-state index in [1.54, 1.807) is 21.3 Å². The first-order valence-corrected chi connectivity index (χ1v) is 12.7. The molecule has 0 aliphatic carbocycles. The summed E-state index contributed by atoms with van der Waals surface area (Å²) in [5.74, 6) is 3.67. The number of nitrogen functional groups attached to an aromatic ring is 1. The van der Waals surface area contributed by atoms with E-state index in [0.717, 1.165) is 65.0 Å². The fraction of sp³-hybridized carbons (Fsp3) is 0.250. The molecule has 0 atom stereocenters. The molecule has 4 aromatic rings. The van der Waals surface area contributed by atoms with E-state index in [-0.39, 0.29) is 6.79 Å². The molecule has 0 amide bonds. The van der Waals surface area contributed by atoms with Crippen LogP contribution in [0, 0.1) is 0 Å². The van der Waals surface area contributed by atoms with Gasteiger partial charge in [0.25, 0.3) is 0 Å². The van der Waals surface area contributed by atoms with Gasteiger partial charge in [0.2, 0.25) is 0 Å². The molecule has 4 aliphatic heterocycles. The molecule has 38 heavy (non-hydrogen) atoms. The first kappa shape index (κ1) is 25.5. The molecule has 0 radical (unpaired) electrons. The molecule has 8 rings (SSSR count). The summed E-state index contributed by atoms with van der Waals surface area (Å²) in [5, 5.41) is 0.